The molecule has 1 aromatic carbocycles. The number of hydrogen-bond acceptors (Lipinski definition) is 3. The van der Waals surface area contributed by atoms with Gasteiger partial charge in [-0.05, 0) is 53.2 Å². The highest BCUT2D eigenvalue weighted by Crippen LogP contribution is 2.30. The van der Waals surface area contributed by atoms with Crippen molar-refractivity contribution in [3.05, 3.63) is 22.7 Å². The molecule has 1 aliphatic heterocycles. The predicted octanol–water partition coefficient (Wildman–Crippen LogP) is 3.66. The highest BCUT2D eigenvalue weighted by Gasteiger charge is 2.29. The van der Waals surface area contributed by atoms with Crippen LogP contribution < -0.4 is 4.74 Å². The summed E-state index contributed by atoms with van der Waals surface area (Å²) >= 11 is 3.40. The van der Waals surface area contributed by atoms with E-state index < -0.39 is 10.0 Å². The molecule has 1 aliphatic rings. The zero-order valence-corrected chi connectivity index (χ0v) is 14.9. The van der Waals surface area contributed by atoms with Crippen LogP contribution in [0.4, 0.5) is 0 Å². The molecule has 0 saturated carbocycles. The summed E-state index contributed by atoms with van der Waals surface area (Å²) in [5.74, 6) is 1.00. The molecule has 1 saturated heterocycles. The second-order valence-corrected chi connectivity index (χ2v) is 8.34. The van der Waals surface area contributed by atoms with Gasteiger partial charge in [-0.25, -0.2) is 8.42 Å². The van der Waals surface area contributed by atoms with Gasteiger partial charge < -0.3 is 4.74 Å². The van der Waals surface area contributed by atoms with E-state index in [0.29, 0.717) is 36.3 Å². The Labute approximate surface area is 135 Å². The van der Waals surface area contributed by atoms with Crippen LogP contribution in [0, 0.1) is 5.92 Å². The Morgan fingerprint density at radius 2 is 2.19 bits per heavy atom. The average molecular weight is 376 g/mol. The molecular formula is C15H22BrNO3S. The Hall–Kier alpha value is -0.590. The summed E-state index contributed by atoms with van der Waals surface area (Å²) in [4.78, 5) is 0.311. The highest BCUT2D eigenvalue weighted by molar-refractivity contribution is 9.10. The van der Waals surface area contributed by atoms with Crippen LogP contribution in [-0.4, -0.2) is 32.4 Å². The average Bonchev–Trinajstić information content (AvgIpc) is 2.46. The maximum Gasteiger partial charge on any atom is 0.243 e. The first kappa shape index (κ1) is 16.8. The third kappa shape index (κ3) is 3.99. The molecule has 4 nitrogen and oxygen atoms in total. The third-order valence-corrected chi connectivity index (χ3v) is 6.14. The maximum atomic E-state index is 12.7. The summed E-state index contributed by atoms with van der Waals surface area (Å²) in [6.45, 7) is 5.89. The van der Waals surface area contributed by atoms with E-state index in [1.807, 2.05) is 6.92 Å². The summed E-state index contributed by atoms with van der Waals surface area (Å²) in [6, 6.07) is 5.00. The van der Waals surface area contributed by atoms with Crippen LogP contribution in [-0.2, 0) is 10.0 Å². The second kappa shape index (κ2) is 7.11. The molecule has 0 aliphatic carbocycles. The van der Waals surface area contributed by atoms with E-state index in [2.05, 4.69) is 22.9 Å². The second-order valence-electron chi connectivity index (χ2n) is 5.55. The van der Waals surface area contributed by atoms with E-state index in [0.717, 1.165) is 23.7 Å². The minimum Gasteiger partial charge on any atom is -0.492 e. The minimum absolute atomic E-state index is 0.311. The van der Waals surface area contributed by atoms with E-state index in [4.69, 9.17) is 4.74 Å². The van der Waals surface area contributed by atoms with E-state index in [1.165, 1.54) is 0 Å². The standard InChI is InChI=1S/C15H22BrNO3S/c1-3-9-20-15-10-13(6-7-14(15)16)21(18,19)17-8-4-5-12(2)11-17/h6-7,10,12H,3-5,8-9,11H2,1-2H3/t12-/m0/s1. The summed E-state index contributed by atoms with van der Waals surface area (Å²) in [5, 5.41) is 0. The number of piperidine rings is 1. The van der Waals surface area contributed by atoms with Gasteiger partial charge in [0.1, 0.15) is 5.75 Å². The van der Waals surface area contributed by atoms with Crippen LogP contribution in [0.2, 0.25) is 0 Å². The molecule has 1 atom stereocenters. The van der Waals surface area contributed by atoms with Gasteiger partial charge in [-0.1, -0.05) is 13.8 Å². The van der Waals surface area contributed by atoms with Crippen LogP contribution in [0.15, 0.2) is 27.6 Å². The summed E-state index contributed by atoms with van der Waals surface area (Å²) in [6.07, 6.45) is 2.90. The molecule has 21 heavy (non-hydrogen) atoms. The molecule has 0 aromatic heterocycles. The molecule has 0 bridgehead atoms. The van der Waals surface area contributed by atoms with Gasteiger partial charge in [0.15, 0.2) is 0 Å². The lowest BCUT2D eigenvalue weighted by Crippen LogP contribution is -2.39. The first-order chi connectivity index (χ1) is 9.95. The number of halogens is 1. The van der Waals surface area contributed by atoms with Gasteiger partial charge in [-0.2, -0.15) is 4.31 Å². The molecule has 1 heterocycles. The molecule has 1 aromatic rings. The smallest absolute Gasteiger partial charge is 0.243 e. The zero-order valence-electron chi connectivity index (χ0n) is 12.5. The molecule has 0 unspecified atom stereocenters. The Morgan fingerprint density at radius 3 is 2.86 bits per heavy atom. The van der Waals surface area contributed by atoms with Gasteiger partial charge in [0.05, 0.1) is 16.0 Å². The van der Waals surface area contributed by atoms with Crippen LogP contribution in [0.25, 0.3) is 0 Å². The first-order valence-corrected chi connectivity index (χ1v) is 9.61. The number of sulfonamides is 1. The first-order valence-electron chi connectivity index (χ1n) is 7.37. The molecular weight excluding hydrogens is 354 g/mol. The van der Waals surface area contributed by atoms with Crippen molar-refractivity contribution in [3.8, 4) is 5.75 Å². The monoisotopic (exact) mass is 375 g/mol. The highest BCUT2D eigenvalue weighted by atomic mass is 79.9. The topological polar surface area (TPSA) is 46.6 Å². The lowest BCUT2D eigenvalue weighted by atomic mass is 10.0. The number of nitrogens with zero attached hydrogens (tertiary/aromatic N) is 1. The van der Waals surface area contributed by atoms with E-state index in [9.17, 15) is 8.42 Å². The van der Waals surface area contributed by atoms with Crippen LogP contribution in [0.1, 0.15) is 33.1 Å². The van der Waals surface area contributed by atoms with Gasteiger partial charge in [0.2, 0.25) is 10.0 Å². The minimum atomic E-state index is -3.43. The Morgan fingerprint density at radius 1 is 1.43 bits per heavy atom. The summed E-state index contributed by atoms with van der Waals surface area (Å²) in [5.41, 5.74) is 0. The van der Waals surface area contributed by atoms with E-state index in [1.54, 1.807) is 22.5 Å². The van der Waals surface area contributed by atoms with Gasteiger partial charge >= 0.3 is 0 Å². The summed E-state index contributed by atoms with van der Waals surface area (Å²) in [7, 11) is -3.43. The van der Waals surface area contributed by atoms with E-state index in [-0.39, 0.29) is 0 Å². The van der Waals surface area contributed by atoms with E-state index >= 15 is 0 Å². The van der Waals surface area contributed by atoms with Crippen molar-refractivity contribution in [1.82, 2.24) is 4.31 Å². The number of rotatable bonds is 5. The van der Waals surface area contributed by atoms with Crippen molar-refractivity contribution in [2.45, 2.75) is 38.0 Å². The number of ether oxygens (including phenoxy) is 1. The molecule has 118 valence electrons. The van der Waals surface area contributed by atoms with Crippen LogP contribution >= 0.6 is 15.9 Å². The molecule has 0 amide bonds. The van der Waals surface area contributed by atoms with Crippen LogP contribution in [0.5, 0.6) is 5.75 Å². The molecule has 0 radical (unpaired) electrons. The predicted molar refractivity (Wildman–Crippen MR) is 87.1 cm³/mol. The fraction of sp³-hybridized carbons (Fsp3) is 0.600. The molecule has 2 rings (SSSR count). The molecule has 0 N–H and O–H groups in total. The quantitative estimate of drug-likeness (QED) is 0.788. The number of hydrogen-bond donors (Lipinski definition) is 0. The van der Waals surface area contributed by atoms with Gasteiger partial charge in [0.25, 0.3) is 0 Å². The molecule has 1 fully saturated rings. The zero-order chi connectivity index (χ0) is 15.5. The van der Waals surface area contributed by atoms with Crippen molar-refractivity contribution in [1.29, 1.82) is 0 Å². The lowest BCUT2D eigenvalue weighted by molar-refractivity contribution is 0.281. The van der Waals surface area contributed by atoms with Gasteiger partial charge in [-0.3, -0.25) is 0 Å². The lowest BCUT2D eigenvalue weighted by Gasteiger charge is -2.30. The normalized spacial score (nSPS) is 20.4. The number of benzene rings is 1. The van der Waals surface area contributed by atoms with Crippen molar-refractivity contribution < 1.29 is 13.2 Å². The van der Waals surface area contributed by atoms with Crippen molar-refractivity contribution in [2.24, 2.45) is 5.92 Å². The van der Waals surface area contributed by atoms with Crippen LogP contribution in [0.3, 0.4) is 0 Å². The molecule has 0 spiro atoms. The Kier molecular flexibility index (Phi) is 5.68. The third-order valence-electron chi connectivity index (χ3n) is 3.62. The van der Waals surface area contributed by atoms with Crippen molar-refractivity contribution >= 4 is 26.0 Å². The fourth-order valence-electron chi connectivity index (χ4n) is 2.48. The summed E-state index contributed by atoms with van der Waals surface area (Å²) < 4.78 is 33.4. The van der Waals surface area contributed by atoms with Gasteiger partial charge in [-0.15, -0.1) is 0 Å². The largest absolute Gasteiger partial charge is 0.492 e. The Balaban J connectivity index is 2.27. The Bertz CT molecular complexity index is 589. The SMILES string of the molecule is CCCOc1cc(S(=O)(=O)N2CCC[C@H](C)C2)ccc1Br. The van der Waals surface area contributed by atoms with Gasteiger partial charge in [0, 0.05) is 19.2 Å². The maximum absolute atomic E-state index is 12.7. The fourth-order valence-corrected chi connectivity index (χ4v) is 4.46. The van der Waals surface area contributed by atoms with Crippen molar-refractivity contribution in [3.63, 3.8) is 0 Å². The van der Waals surface area contributed by atoms with Crippen molar-refractivity contribution in [2.75, 3.05) is 19.7 Å². The molecule has 6 heteroatoms.